The molecular formula is C45H83NO3. The van der Waals surface area contributed by atoms with Crippen molar-refractivity contribution in [2.24, 2.45) is 0 Å². The molecule has 0 aliphatic carbocycles. The van der Waals surface area contributed by atoms with E-state index in [1.54, 1.807) is 6.08 Å². The predicted molar refractivity (Wildman–Crippen MR) is 216 cm³/mol. The third kappa shape index (κ3) is 37.4. The number of rotatable bonds is 38. The Morgan fingerprint density at radius 1 is 0.490 bits per heavy atom. The largest absolute Gasteiger partial charge is 0.394 e. The first-order valence-corrected chi connectivity index (χ1v) is 21.4. The van der Waals surface area contributed by atoms with Crippen LogP contribution in [0.15, 0.2) is 48.6 Å². The van der Waals surface area contributed by atoms with Gasteiger partial charge in [-0.2, -0.15) is 0 Å². The first kappa shape index (κ1) is 47.4. The second-order valence-electron chi connectivity index (χ2n) is 14.4. The van der Waals surface area contributed by atoms with E-state index < -0.39 is 12.1 Å². The maximum atomic E-state index is 12.4. The van der Waals surface area contributed by atoms with E-state index in [4.69, 9.17) is 0 Å². The van der Waals surface area contributed by atoms with Gasteiger partial charge in [-0.3, -0.25) is 4.79 Å². The molecule has 0 radical (unpaired) electrons. The van der Waals surface area contributed by atoms with Crippen LogP contribution < -0.4 is 5.32 Å². The number of unbranched alkanes of at least 4 members (excludes halogenated alkanes) is 25. The van der Waals surface area contributed by atoms with Gasteiger partial charge in [0.2, 0.25) is 5.91 Å². The summed E-state index contributed by atoms with van der Waals surface area (Å²) in [6.45, 7) is 4.29. The molecular weight excluding hydrogens is 602 g/mol. The van der Waals surface area contributed by atoms with Crippen LogP contribution >= 0.6 is 0 Å². The van der Waals surface area contributed by atoms with Crippen LogP contribution in [0, 0.1) is 0 Å². The summed E-state index contributed by atoms with van der Waals surface area (Å²) < 4.78 is 0. The summed E-state index contributed by atoms with van der Waals surface area (Å²) in [7, 11) is 0. The zero-order chi connectivity index (χ0) is 35.7. The molecule has 0 saturated heterocycles. The van der Waals surface area contributed by atoms with Crippen LogP contribution in [0.2, 0.25) is 0 Å². The highest BCUT2D eigenvalue weighted by Crippen LogP contribution is 2.14. The molecule has 0 saturated carbocycles. The molecule has 2 unspecified atom stereocenters. The highest BCUT2D eigenvalue weighted by atomic mass is 16.3. The molecule has 0 aliphatic heterocycles. The van der Waals surface area contributed by atoms with E-state index in [1.807, 2.05) is 6.08 Å². The van der Waals surface area contributed by atoms with Crippen molar-refractivity contribution in [1.29, 1.82) is 0 Å². The molecule has 0 aromatic rings. The zero-order valence-electron chi connectivity index (χ0n) is 32.7. The lowest BCUT2D eigenvalue weighted by Crippen LogP contribution is -2.45. The highest BCUT2D eigenvalue weighted by Gasteiger charge is 2.17. The van der Waals surface area contributed by atoms with Crippen molar-refractivity contribution in [3.63, 3.8) is 0 Å². The van der Waals surface area contributed by atoms with E-state index >= 15 is 0 Å². The fourth-order valence-electron chi connectivity index (χ4n) is 6.24. The van der Waals surface area contributed by atoms with Gasteiger partial charge in [0.15, 0.2) is 0 Å². The molecule has 49 heavy (non-hydrogen) atoms. The molecule has 4 nitrogen and oxygen atoms in total. The van der Waals surface area contributed by atoms with Crippen molar-refractivity contribution in [2.45, 2.75) is 225 Å². The summed E-state index contributed by atoms with van der Waals surface area (Å²) >= 11 is 0. The number of aliphatic hydroxyl groups excluding tert-OH is 2. The Labute approximate surface area is 305 Å². The van der Waals surface area contributed by atoms with Crippen LogP contribution in [-0.2, 0) is 4.79 Å². The summed E-state index contributed by atoms with van der Waals surface area (Å²) in [4.78, 5) is 12.4. The van der Waals surface area contributed by atoms with E-state index in [1.165, 1.54) is 141 Å². The molecule has 286 valence electrons. The minimum absolute atomic E-state index is 0.0773. The highest BCUT2D eigenvalue weighted by molar-refractivity contribution is 5.76. The lowest BCUT2D eigenvalue weighted by atomic mass is 10.0. The summed E-state index contributed by atoms with van der Waals surface area (Å²) in [5, 5.41) is 23.0. The fourth-order valence-corrected chi connectivity index (χ4v) is 6.24. The van der Waals surface area contributed by atoms with E-state index in [2.05, 4.69) is 55.6 Å². The molecule has 2 atom stereocenters. The first-order chi connectivity index (χ1) is 24.2. The number of aliphatic hydroxyl groups is 2. The van der Waals surface area contributed by atoms with Crippen molar-refractivity contribution in [1.82, 2.24) is 5.32 Å². The molecule has 4 heteroatoms. The SMILES string of the molecule is CCCCCCC/C=C\C/C=C\C/C=C\CCCCCCCCC(=O)NC(CO)C(O)/C=C/CCCCCCCCCCCCCCCC. The monoisotopic (exact) mass is 686 g/mol. The van der Waals surface area contributed by atoms with Crippen molar-refractivity contribution in [3.05, 3.63) is 48.6 Å². The number of nitrogens with one attached hydrogen (secondary N) is 1. The van der Waals surface area contributed by atoms with Gasteiger partial charge in [0.05, 0.1) is 18.8 Å². The van der Waals surface area contributed by atoms with Crippen LogP contribution in [0.5, 0.6) is 0 Å². The Morgan fingerprint density at radius 3 is 1.24 bits per heavy atom. The third-order valence-corrected chi connectivity index (χ3v) is 9.56. The average molecular weight is 686 g/mol. The molecule has 0 aromatic heterocycles. The maximum absolute atomic E-state index is 12.4. The number of carbonyl (C=O) groups is 1. The number of hydrogen-bond donors (Lipinski definition) is 3. The van der Waals surface area contributed by atoms with Crippen LogP contribution in [0.25, 0.3) is 0 Å². The van der Waals surface area contributed by atoms with Gasteiger partial charge >= 0.3 is 0 Å². The molecule has 3 N–H and O–H groups in total. The van der Waals surface area contributed by atoms with Crippen molar-refractivity contribution in [3.8, 4) is 0 Å². The zero-order valence-corrected chi connectivity index (χ0v) is 32.7. The number of carbonyl (C=O) groups excluding carboxylic acids is 1. The van der Waals surface area contributed by atoms with Crippen molar-refractivity contribution < 1.29 is 15.0 Å². The minimum Gasteiger partial charge on any atom is -0.394 e. The Hall–Kier alpha value is -1.65. The Bertz CT molecular complexity index is 786. The number of allylic oxidation sites excluding steroid dienone is 7. The third-order valence-electron chi connectivity index (χ3n) is 9.56. The molecule has 0 fully saturated rings. The maximum Gasteiger partial charge on any atom is 0.220 e. The van der Waals surface area contributed by atoms with E-state index in [9.17, 15) is 15.0 Å². The lowest BCUT2D eigenvalue weighted by molar-refractivity contribution is -0.123. The molecule has 0 heterocycles. The van der Waals surface area contributed by atoms with Gasteiger partial charge in [0, 0.05) is 6.42 Å². The van der Waals surface area contributed by atoms with Gasteiger partial charge in [-0.1, -0.05) is 197 Å². The predicted octanol–water partition coefficient (Wildman–Crippen LogP) is 13.2. The first-order valence-electron chi connectivity index (χ1n) is 21.4. The van der Waals surface area contributed by atoms with Gasteiger partial charge in [0.1, 0.15) is 0 Å². The Morgan fingerprint density at radius 2 is 0.837 bits per heavy atom. The number of amides is 1. The van der Waals surface area contributed by atoms with E-state index in [0.29, 0.717) is 6.42 Å². The fraction of sp³-hybridized carbons (Fsp3) is 0.800. The van der Waals surface area contributed by atoms with Gasteiger partial charge in [-0.05, 0) is 57.8 Å². The van der Waals surface area contributed by atoms with E-state index in [0.717, 1.165) is 51.4 Å². The van der Waals surface area contributed by atoms with Gasteiger partial charge in [0.25, 0.3) is 0 Å². The normalized spacial score (nSPS) is 13.5. The molecule has 0 aromatic carbocycles. The summed E-state index contributed by atoms with van der Waals surface area (Å²) in [6.07, 6.45) is 54.9. The standard InChI is InChI=1S/C45H83NO3/c1-3-5-7-9-11-13-15-17-19-21-22-23-24-25-27-29-31-33-35-37-39-41-45(49)46-43(42-47)44(48)40-38-36-34-32-30-28-26-20-18-16-14-12-10-8-6-4-2/h15,17,21-22,24-25,38,40,43-44,47-48H,3-14,16,18-20,23,26-37,39,41-42H2,1-2H3,(H,46,49)/b17-15-,22-21-,25-24-,40-38+. The molecule has 0 spiro atoms. The molecule has 1 amide bonds. The van der Waals surface area contributed by atoms with Gasteiger partial charge in [-0.15, -0.1) is 0 Å². The van der Waals surface area contributed by atoms with Crippen molar-refractivity contribution >= 4 is 5.91 Å². The molecule has 0 bridgehead atoms. The summed E-state index contributed by atoms with van der Waals surface area (Å²) in [6, 6.07) is -0.629. The van der Waals surface area contributed by atoms with Crippen LogP contribution in [-0.4, -0.2) is 34.9 Å². The van der Waals surface area contributed by atoms with Crippen LogP contribution in [0.3, 0.4) is 0 Å². The number of hydrogen-bond acceptors (Lipinski definition) is 3. The van der Waals surface area contributed by atoms with Crippen LogP contribution in [0.4, 0.5) is 0 Å². The van der Waals surface area contributed by atoms with Gasteiger partial charge in [-0.25, -0.2) is 0 Å². The smallest absolute Gasteiger partial charge is 0.220 e. The minimum atomic E-state index is -0.845. The quantitative estimate of drug-likeness (QED) is 0.0447. The lowest BCUT2D eigenvalue weighted by Gasteiger charge is -2.20. The Balaban J connectivity index is 3.63. The Kier molecular flexibility index (Phi) is 39.4. The average Bonchev–Trinajstić information content (AvgIpc) is 3.10. The summed E-state index contributed by atoms with van der Waals surface area (Å²) in [5.74, 6) is -0.0773. The van der Waals surface area contributed by atoms with Crippen molar-refractivity contribution in [2.75, 3.05) is 6.61 Å². The van der Waals surface area contributed by atoms with Crippen LogP contribution in [0.1, 0.15) is 213 Å². The van der Waals surface area contributed by atoms with Gasteiger partial charge < -0.3 is 15.5 Å². The molecule has 0 aliphatic rings. The topological polar surface area (TPSA) is 69.6 Å². The van der Waals surface area contributed by atoms with E-state index in [-0.39, 0.29) is 12.5 Å². The second-order valence-corrected chi connectivity index (χ2v) is 14.4. The summed E-state index contributed by atoms with van der Waals surface area (Å²) in [5.41, 5.74) is 0. The molecule has 0 rings (SSSR count). The second kappa shape index (κ2) is 40.8.